The third kappa shape index (κ3) is 3.31. The third-order valence-corrected chi connectivity index (χ3v) is 5.78. The monoisotopic (exact) mass is 392 g/mol. The number of benzene rings is 2. The molecule has 0 unspecified atom stereocenters. The first-order chi connectivity index (χ1) is 13.4. The van der Waals surface area contributed by atoms with Crippen molar-refractivity contribution in [3.8, 4) is 0 Å². The Morgan fingerprint density at radius 2 is 1.93 bits per heavy atom. The van der Waals surface area contributed by atoms with Gasteiger partial charge in [0.1, 0.15) is 15.5 Å². The Hall–Kier alpha value is -2.99. The first kappa shape index (κ1) is 18.4. The number of rotatable bonds is 4. The van der Waals surface area contributed by atoms with E-state index in [9.17, 15) is 9.59 Å². The summed E-state index contributed by atoms with van der Waals surface area (Å²) < 4.78 is 5.29. The fourth-order valence-corrected chi connectivity index (χ4v) is 4.45. The molecule has 28 heavy (non-hydrogen) atoms. The highest BCUT2D eigenvalue weighted by Gasteiger charge is 2.21. The predicted octanol–water partition coefficient (Wildman–Crippen LogP) is 4.60. The molecule has 2 aromatic carbocycles. The zero-order valence-electron chi connectivity index (χ0n) is 15.9. The van der Waals surface area contributed by atoms with Gasteiger partial charge in [-0.2, -0.15) is 0 Å². The number of thiophene rings is 1. The second-order valence-corrected chi connectivity index (χ2v) is 8.02. The minimum atomic E-state index is -0.412. The lowest BCUT2D eigenvalue weighted by Gasteiger charge is -2.06. The molecule has 0 aliphatic rings. The summed E-state index contributed by atoms with van der Waals surface area (Å²) in [4.78, 5) is 33.5. The van der Waals surface area contributed by atoms with E-state index in [1.165, 1.54) is 11.3 Å². The smallest absolute Gasteiger partial charge is 0.348 e. The molecular weight excluding hydrogens is 372 g/mol. The summed E-state index contributed by atoms with van der Waals surface area (Å²) in [5.41, 5.74) is 1.49. The van der Waals surface area contributed by atoms with Gasteiger partial charge in [-0.3, -0.25) is 4.79 Å². The zero-order valence-corrected chi connectivity index (χ0v) is 16.7. The highest BCUT2D eigenvalue weighted by atomic mass is 32.1. The summed E-state index contributed by atoms with van der Waals surface area (Å²) in [6, 6.07) is 14.2. The van der Waals surface area contributed by atoms with E-state index in [4.69, 9.17) is 4.74 Å². The van der Waals surface area contributed by atoms with Crippen LogP contribution in [-0.4, -0.2) is 22.0 Å². The van der Waals surface area contributed by atoms with Crippen LogP contribution in [0.25, 0.3) is 21.0 Å². The molecule has 0 amide bonds. The van der Waals surface area contributed by atoms with Crippen LogP contribution in [0.3, 0.4) is 0 Å². The standard InChI is InChI=1S/C22H20N2O3S/c1-12(2)27-22(26)19-13(3)18-20(25)23-17(24-21(18)28-19)11-15-9-6-8-14-7-4-5-10-16(14)15/h4-10,12H,11H2,1-3H3,(H,23,24,25). The van der Waals surface area contributed by atoms with Crippen LogP contribution < -0.4 is 5.56 Å². The molecule has 2 aromatic heterocycles. The summed E-state index contributed by atoms with van der Waals surface area (Å²) in [5, 5.41) is 2.74. The number of carbonyl (C=O) groups excluding carboxylic acids is 1. The molecule has 0 bridgehead atoms. The van der Waals surface area contributed by atoms with E-state index in [0.717, 1.165) is 16.3 Å². The van der Waals surface area contributed by atoms with Crippen LogP contribution >= 0.6 is 11.3 Å². The SMILES string of the molecule is Cc1c(C(=O)OC(C)C)sc2nc(Cc3cccc4ccccc34)[nH]c(=O)c12. The second-order valence-electron chi connectivity index (χ2n) is 7.02. The molecule has 6 heteroatoms. The van der Waals surface area contributed by atoms with Crippen molar-refractivity contribution in [2.45, 2.75) is 33.3 Å². The summed E-state index contributed by atoms with van der Waals surface area (Å²) in [7, 11) is 0. The number of H-pyrrole nitrogens is 1. The molecule has 0 saturated carbocycles. The van der Waals surface area contributed by atoms with Crippen LogP contribution in [0, 0.1) is 6.92 Å². The van der Waals surface area contributed by atoms with Crippen molar-refractivity contribution >= 4 is 38.3 Å². The van der Waals surface area contributed by atoms with Crippen LogP contribution in [0.4, 0.5) is 0 Å². The molecule has 0 aliphatic heterocycles. The number of fused-ring (bicyclic) bond motifs is 2. The molecule has 0 saturated heterocycles. The molecule has 0 fully saturated rings. The summed E-state index contributed by atoms with van der Waals surface area (Å²) in [6.07, 6.45) is 0.292. The molecule has 1 N–H and O–H groups in total. The first-order valence-electron chi connectivity index (χ1n) is 9.14. The molecule has 0 aliphatic carbocycles. The van der Waals surface area contributed by atoms with Crippen molar-refractivity contribution in [3.63, 3.8) is 0 Å². The number of aromatic amines is 1. The summed E-state index contributed by atoms with van der Waals surface area (Å²) in [6.45, 7) is 5.36. The Morgan fingerprint density at radius 3 is 2.71 bits per heavy atom. The largest absolute Gasteiger partial charge is 0.459 e. The van der Waals surface area contributed by atoms with E-state index in [0.29, 0.717) is 32.9 Å². The molecule has 0 spiro atoms. The van der Waals surface area contributed by atoms with Crippen molar-refractivity contribution in [2.24, 2.45) is 0 Å². The normalized spacial score (nSPS) is 11.4. The van der Waals surface area contributed by atoms with Gasteiger partial charge >= 0.3 is 5.97 Å². The van der Waals surface area contributed by atoms with Gasteiger partial charge in [0.15, 0.2) is 0 Å². The Balaban J connectivity index is 1.77. The molecule has 0 atom stereocenters. The van der Waals surface area contributed by atoms with Gasteiger partial charge in [-0.15, -0.1) is 11.3 Å². The fourth-order valence-electron chi connectivity index (χ4n) is 3.36. The van der Waals surface area contributed by atoms with Crippen molar-refractivity contribution in [2.75, 3.05) is 0 Å². The van der Waals surface area contributed by atoms with Gasteiger partial charge < -0.3 is 9.72 Å². The highest BCUT2D eigenvalue weighted by molar-refractivity contribution is 7.20. The van der Waals surface area contributed by atoms with Gasteiger partial charge in [0.2, 0.25) is 0 Å². The third-order valence-electron chi connectivity index (χ3n) is 4.62. The number of aromatic nitrogens is 2. The molecular formula is C22H20N2O3S. The van der Waals surface area contributed by atoms with E-state index in [2.05, 4.69) is 28.2 Å². The van der Waals surface area contributed by atoms with Gasteiger partial charge in [-0.1, -0.05) is 42.5 Å². The van der Waals surface area contributed by atoms with Crippen LogP contribution in [0.5, 0.6) is 0 Å². The number of ether oxygens (including phenoxy) is 1. The van der Waals surface area contributed by atoms with E-state index in [1.54, 1.807) is 20.8 Å². The molecule has 4 rings (SSSR count). The van der Waals surface area contributed by atoms with Crippen LogP contribution in [0.1, 0.15) is 40.5 Å². The quantitative estimate of drug-likeness (QED) is 0.515. The molecule has 5 nitrogen and oxygen atoms in total. The Morgan fingerprint density at radius 1 is 1.18 bits per heavy atom. The lowest BCUT2D eigenvalue weighted by atomic mass is 10.0. The number of hydrogen-bond acceptors (Lipinski definition) is 5. The number of aryl methyl sites for hydroxylation is 1. The fraction of sp³-hybridized carbons (Fsp3) is 0.227. The maximum Gasteiger partial charge on any atom is 0.348 e. The van der Waals surface area contributed by atoms with E-state index >= 15 is 0 Å². The Kier molecular flexibility index (Phi) is 4.73. The van der Waals surface area contributed by atoms with E-state index in [1.807, 2.05) is 24.3 Å². The van der Waals surface area contributed by atoms with Crippen LogP contribution in [0.2, 0.25) is 0 Å². The van der Waals surface area contributed by atoms with E-state index in [-0.39, 0.29) is 11.7 Å². The number of nitrogens with one attached hydrogen (secondary N) is 1. The maximum atomic E-state index is 12.7. The first-order valence-corrected chi connectivity index (χ1v) is 9.95. The van der Waals surface area contributed by atoms with Crippen molar-refractivity contribution in [1.82, 2.24) is 9.97 Å². The Labute approximate surface area is 166 Å². The van der Waals surface area contributed by atoms with Gasteiger partial charge in [-0.05, 0) is 42.7 Å². The van der Waals surface area contributed by atoms with Gasteiger partial charge in [-0.25, -0.2) is 9.78 Å². The molecule has 0 radical (unpaired) electrons. The predicted molar refractivity (Wildman–Crippen MR) is 112 cm³/mol. The van der Waals surface area contributed by atoms with Crippen LogP contribution in [0.15, 0.2) is 47.3 Å². The number of hydrogen-bond donors (Lipinski definition) is 1. The van der Waals surface area contributed by atoms with Crippen LogP contribution in [-0.2, 0) is 11.2 Å². The van der Waals surface area contributed by atoms with Gasteiger partial charge in [0, 0.05) is 6.42 Å². The number of carbonyl (C=O) groups is 1. The highest BCUT2D eigenvalue weighted by Crippen LogP contribution is 2.28. The molecule has 4 aromatic rings. The summed E-state index contributed by atoms with van der Waals surface area (Å²) >= 11 is 1.21. The minimum Gasteiger partial charge on any atom is -0.459 e. The van der Waals surface area contributed by atoms with E-state index < -0.39 is 5.97 Å². The Bertz CT molecular complexity index is 1250. The van der Waals surface area contributed by atoms with Gasteiger partial charge in [0.25, 0.3) is 5.56 Å². The second kappa shape index (κ2) is 7.20. The minimum absolute atomic E-state index is 0.217. The lowest BCUT2D eigenvalue weighted by molar-refractivity contribution is 0.0383. The number of esters is 1. The average Bonchev–Trinajstić information content (AvgIpc) is 2.98. The topological polar surface area (TPSA) is 72.0 Å². The van der Waals surface area contributed by atoms with Crippen molar-refractivity contribution < 1.29 is 9.53 Å². The molecule has 142 valence electrons. The van der Waals surface area contributed by atoms with Crippen molar-refractivity contribution in [1.29, 1.82) is 0 Å². The number of nitrogens with zero attached hydrogens (tertiary/aromatic N) is 1. The molecule has 2 heterocycles. The zero-order chi connectivity index (χ0) is 19.8. The summed E-state index contributed by atoms with van der Waals surface area (Å²) in [5.74, 6) is 0.171. The van der Waals surface area contributed by atoms with Crippen molar-refractivity contribution in [3.05, 3.63) is 74.6 Å². The average molecular weight is 392 g/mol. The lowest BCUT2D eigenvalue weighted by Crippen LogP contribution is -2.13. The maximum absolute atomic E-state index is 12.7. The van der Waals surface area contributed by atoms with Gasteiger partial charge in [0.05, 0.1) is 11.5 Å².